The number of nitrogens with zero attached hydrogens (tertiary/aromatic N) is 4. The van der Waals surface area contributed by atoms with Crippen LogP contribution in [-0.4, -0.2) is 19.1 Å². The summed E-state index contributed by atoms with van der Waals surface area (Å²) < 4.78 is 4.96. The van der Waals surface area contributed by atoms with Gasteiger partial charge in [0, 0.05) is 46.4 Å². The number of rotatable bonds is 4. The third-order valence-corrected chi connectivity index (χ3v) is 7.65. The minimum Gasteiger partial charge on any atom is -0.336 e. The summed E-state index contributed by atoms with van der Waals surface area (Å²) in [5, 5.41) is 2.41. The molecule has 0 bridgehead atoms. The number of hydrogen-bond donors (Lipinski definition) is 0. The molecule has 4 nitrogen and oxygen atoms in total. The van der Waals surface area contributed by atoms with Crippen LogP contribution in [0.5, 0.6) is 0 Å². The van der Waals surface area contributed by atoms with Crippen LogP contribution in [0.2, 0.25) is 0 Å². The zero-order valence-corrected chi connectivity index (χ0v) is 22.2. The average Bonchev–Trinajstić information content (AvgIpc) is 3.46. The Kier molecular flexibility index (Phi) is 5.12. The highest BCUT2D eigenvalue weighted by atomic mass is 15.0. The van der Waals surface area contributed by atoms with Gasteiger partial charge in [-0.2, -0.15) is 0 Å². The summed E-state index contributed by atoms with van der Waals surface area (Å²) in [6, 6.07) is 30.6. The van der Waals surface area contributed by atoms with Crippen molar-refractivity contribution in [2.75, 3.05) is 0 Å². The number of hydrogen-bond acceptors (Lipinski definition) is 2. The van der Waals surface area contributed by atoms with Crippen molar-refractivity contribution in [3.8, 4) is 22.3 Å². The van der Waals surface area contributed by atoms with Crippen LogP contribution in [0.3, 0.4) is 0 Å². The summed E-state index contributed by atoms with van der Waals surface area (Å²) in [4.78, 5) is 10.0. The fourth-order valence-electron chi connectivity index (χ4n) is 6.32. The third kappa shape index (κ3) is 3.10. The van der Waals surface area contributed by atoms with Gasteiger partial charge in [-0.15, -0.1) is 0 Å². The van der Waals surface area contributed by atoms with Crippen LogP contribution >= 0.6 is 0 Å². The molecule has 0 saturated heterocycles. The van der Waals surface area contributed by atoms with Crippen LogP contribution in [0.1, 0.15) is 39.8 Å². The Hall–Kier alpha value is -4.44. The van der Waals surface area contributed by atoms with Crippen molar-refractivity contribution in [2.24, 2.45) is 0 Å². The molecule has 0 aliphatic carbocycles. The summed E-state index contributed by atoms with van der Waals surface area (Å²) in [5.41, 5.74) is 11.7. The second kappa shape index (κ2) is 8.56. The Labute approximate surface area is 222 Å². The summed E-state index contributed by atoms with van der Waals surface area (Å²) in [5.74, 6) is 0. The van der Waals surface area contributed by atoms with Gasteiger partial charge in [-0.05, 0) is 63.1 Å². The van der Waals surface area contributed by atoms with Gasteiger partial charge in [0.15, 0.2) is 0 Å². The van der Waals surface area contributed by atoms with E-state index in [-0.39, 0.29) is 12.1 Å². The molecule has 0 fully saturated rings. The Morgan fingerprint density at radius 1 is 0.500 bits per heavy atom. The molecule has 186 valence electrons. The Morgan fingerprint density at radius 3 is 1.26 bits per heavy atom. The van der Waals surface area contributed by atoms with Crippen LogP contribution in [0.25, 0.3) is 66.1 Å². The lowest BCUT2D eigenvalue weighted by Crippen LogP contribution is -2.04. The van der Waals surface area contributed by atoms with Gasteiger partial charge >= 0.3 is 0 Å². The molecule has 0 spiro atoms. The van der Waals surface area contributed by atoms with Gasteiger partial charge in [-0.3, -0.25) is 9.97 Å². The number of fused-ring (bicyclic) bond motifs is 6. The second-order valence-electron chi connectivity index (χ2n) is 10.6. The molecular formula is C34H30N4. The van der Waals surface area contributed by atoms with Crippen molar-refractivity contribution >= 4 is 43.9 Å². The van der Waals surface area contributed by atoms with E-state index in [9.17, 15) is 0 Å². The van der Waals surface area contributed by atoms with Crippen molar-refractivity contribution in [2.45, 2.75) is 39.8 Å². The molecule has 0 aliphatic rings. The van der Waals surface area contributed by atoms with Crippen molar-refractivity contribution in [3.63, 3.8) is 0 Å². The molecule has 4 heterocycles. The highest BCUT2D eigenvalue weighted by molar-refractivity contribution is 6.31. The molecule has 4 aromatic heterocycles. The Balaban J connectivity index is 1.92. The molecule has 0 radical (unpaired) electrons. The summed E-state index contributed by atoms with van der Waals surface area (Å²) in [6.07, 6.45) is 3.85. The third-order valence-electron chi connectivity index (χ3n) is 7.65. The molecule has 7 aromatic rings. The predicted molar refractivity (Wildman–Crippen MR) is 160 cm³/mol. The van der Waals surface area contributed by atoms with E-state index in [1.807, 2.05) is 12.4 Å². The normalized spacial score (nSPS) is 12.2. The zero-order chi connectivity index (χ0) is 26.0. The van der Waals surface area contributed by atoms with Crippen LogP contribution in [0.4, 0.5) is 0 Å². The lowest BCUT2D eigenvalue weighted by Gasteiger charge is -2.20. The molecule has 0 atom stereocenters. The molecular weight excluding hydrogens is 464 g/mol. The summed E-state index contributed by atoms with van der Waals surface area (Å²) in [7, 11) is 0. The maximum absolute atomic E-state index is 5.02. The van der Waals surface area contributed by atoms with E-state index in [1.165, 1.54) is 44.1 Å². The molecule has 4 heteroatoms. The van der Waals surface area contributed by atoms with Gasteiger partial charge in [0.1, 0.15) is 0 Å². The summed E-state index contributed by atoms with van der Waals surface area (Å²) >= 11 is 0. The summed E-state index contributed by atoms with van der Waals surface area (Å²) in [6.45, 7) is 9.07. The molecule has 0 unspecified atom stereocenters. The fourth-order valence-corrected chi connectivity index (χ4v) is 6.32. The van der Waals surface area contributed by atoms with E-state index in [0.717, 1.165) is 22.1 Å². The van der Waals surface area contributed by atoms with E-state index in [0.29, 0.717) is 0 Å². The number of benzene rings is 3. The van der Waals surface area contributed by atoms with E-state index in [4.69, 9.17) is 9.97 Å². The average molecular weight is 495 g/mol. The van der Waals surface area contributed by atoms with E-state index < -0.39 is 0 Å². The van der Waals surface area contributed by atoms with Crippen LogP contribution < -0.4 is 0 Å². The monoisotopic (exact) mass is 494 g/mol. The first-order valence-corrected chi connectivity index (χ1v) is 13.4. The van der Waals surface area contributed by atoms with Gasteiger partial charge < -0.3 is 9.13 Å². The first kappa shape index (κ1) is 22.7. The maximum atomic E-state index is 5.02. The van der Waals surface area contributed by atoms with Gasteiger partial charge in [-0.1, -0.05) is 60.7 Å². The van der Waals surface area contributed by atoms with Crippen molar-refractivity contribution in [1.82, 2.24) is 19.1 Å². The topological polar surface area (TPSA) is 35.6 Å². The van der Waals surface area contributed by atoms with Crippen LogP contribution in [-0.2, 0) is 0 Å². The molecule has 0 aliphatic heterocycles. The maximum Gasteiger partial charge on any atom is 0.0967 e. The van der Waals surface area contributed by atoms with E-state index in [2.05, 4.69) is 122 Å². The smallest absolute Gasteiger partial charge is 0.0967 e. The lowest BCUT2D eigenvalue weighted by atomic mass is 9.91. The highest BCUT2D eigenvalue weighted by Gasteiger charge is 2.29. The molecule has 3 aromatic carbocycles. The molecule has 7 rings (SSSR count). The number of aromatic nitrogens is 4. The van der Waals surface area contributed by atoms with Crippen molar-refractivity contribution in [1.29, 1.82) is 0 Å². The fraction of sp³-hybridized carbons (Fsp3) is 0.176. The van der Waals surface area contributed by atoms with Gasteiger partial charge in [0.2, 0.25) is 0 Å². The standard InChI is InChI=1S/C34H30N4/c1-21(2)37-25-17-11-19-35-31(25)29-28(24-15-9-6-10-16-24)34-30(27(33(29)37)23-13-7-5-8-14-23)32-26(18-12-20-36-32)38(34)22(3)4/h5-22H,1-4H3. The SMILES string of the molecule is CC(C)n1c2cccnc2c2c(-c3ccccc3)c3c(c(-c4ccccc4)c21)c1ncccc1n3C(C)C. The van der Waals surface area contributed by atoms with Gasteiger partial charge in [0.25, 0.3) is 0 Å². The first-order chi connectivity index (χ1) is 18.6. The zero-order valence-electron chi connectivity index (χ0n) is 22.2. The predicted octanol–water partition coefficient (Wildman–Crippen LogP) is 9.19. The largest absolute Gasteiger partial charge is 0.336 e. The molecule has 38 heavy (non-hydrogen) atoms. The molecule has 0 N–H and O–H groups in total. The highest BCUT2D eigenvalue weighted by Crippen LogP contribution is 2.50. The van der Waals surface area contributed by atoms with Crippen LogP contribution in [0.15, 0.2) is 97.3 Å². The van der Waals surface area contributed by atoms with Crippen molar-refractivity contribution < 1.29 is 0 Å². The van der Waals surface area contributed by atoms with E-state index in [1.54, 1.807) is 0 Å². The molecule has 0 saturated carbocycles. The minimum atomic E-state index is 0.245. The van der Waals surface area contributed by atoms with Crippen LogP contribution in [0, 0.1) is 0 Å². The van der Waals surface area contributed by atoms with Gasteiger partial charge in [0.05, 0.1) is 33.1 Å². The first-order valence-electron chi connectivity index (χ1n) is 13.4. The number of pyridine rings is 2. The quantitative estimate of drug-likeness (QED) is 0.244. The Bertz CT molecular complexity index is 1810. The molecule has 0 amide bonds. The lowest BCUT2D eigenvalue weighted by molar-refractivity contribution is 0.641. The van der Waals surface area contributed by atoms with Crippen molar-refractivity contribution in [3.05, 3.63) is 97.3 Å². The van der Waals surface area contributed by atoms with Gasteiger partial charge in [-0.25, -0.2) is 0 Å². The Morgan fingerprint density at radius 2 is 0.895 bits per heavy atom. The second-order valence-corrected chi connectivity index (χ2v) is 10.6. The van der Waals surface area contributed by atoms with E-state index >= 15 is 0 Å². The minimum absolute atomic E-state index is 0.245.